The van der Waals surface area contributed by atoms with E-state index in [1.807, 2.05) is 38.1 Å². The van der Waals surface area contributed by atoms with Crippen molar-refractivity contribution in [2.75, 3.05) is 13.1 Å². The number of phenolic OH excluding ortho intramolecular Hbond substituents is 2. The predicted octanol–water partition coefficient (Wildman–Crippen LogP) is 3.87. The van der Waals surface area contributed by atoms with Crippen LogP contribution in [0.2, 0.25) is 0 Å². The summed E-state index contributed by atoms with van der Waals surface area (Å²) in [4.78, 5) is 8.51. The van der Waals surface area contributed by atoms with Crippen LogP contribution in [0.15, 0.2) is 46.4 Å². The zero-order chi connectivity index (χ0) is 15.9. The molecule has 6 heteroatoms. The summed E-state index contributed by atoms with van der Waals surface area (Å²) in [5.74, 6) is 0.449. The van der Waals surface area contributed by atoms with Crippen LogP contribution >= 0.6 is 24.0 Å². The Labute approximate surface area is 170 Å². The van der Waals surface area contributed by atoms with Crippen molar-refractivity contribution in [3.63, 3.8) is 0 Å². The van der Waals surface area contributed by atoms with E-state index in [1.54, 1.807) is 24.6 Å². The standard InChI is InChI=1S/C18H20N2O2.Fe.HI/c1-13-3-5-17(21)15(9-13)11-19-7-8-20-12-16-10-14(2)4-6-18(16)22;;/h3-6,9-12,21-22H,7-8H2,1-2H3;;1H. The molecule has 2 N–H and O–H groups in total. The first kappa shape index (κ1) is 22.6. The first-order valence-electron chi connectivity index (χ1n) is 7.15. The van der Waals surface area contributed by atoms with Crippen molar-refractivity contribution < 1.29 is 27.3 Å². The van der Waals surface area contributed by atoms with E-state index in [4.69, 9.17) is 0 Å². The third-order valence-corrected chi connectivity index (χ3v) is 3.19. The van der Waals surface area contributed by atoms with Crippen LogP contribution in [0.4, 0.5) is 0 Å². The van der Waals surface area contributed by atoms with Gasteiger partial charge >= 0.3 is 0 Å². The van der Waals surface area contributed by atoms with Gasteiger partial charge < -0.3 is 10.2 Å². The molecule has 2 rings (SSSR count). The van der Waals surface area contributed by atoms with E-state index in [0.29, 0.717) is 24.2 Å². The van der Waals surface area contributed by atoms with Crippen molar-refractivity contribution in [2.24, 2.45) is 9.98 Å². The van der Waals surface area contributed by atoms with Crippen LogP contribution < -0.4 is 0 Å². The van der Waals surface area contributed by atoms with Gasteiger partial charge in [0.25, 0.3) is 0 Å². The quantitative estimate of drug-likeness (QED) is 0.296. The third-order valence-electron chi connectivity index (χ3n) is 3.19. The van der Waals surface area contributed by atoms with Gasteiger partial charge in [-0.2, -0.15) is 0 Å². The number of hydrogen-bond donors (Lipinski definition) is 2. The number of aromatic hydroxyl groups is 2. The number of aliphatic imine (C=N–C) groups is 2. The Morgan fingerprint density at radius 2 is 1.17 bits per heavy atom. The average molecular weight is 480 g/mol. The van der Waals surface area contributed by atoms with Gasteiger partial charge in [-0.15, -0.1) is 24.0 Å². The zero-order valence-electron chi connectivity index (χ0n) is 13.6. The van der Waals surface area contributed by atoms with E-state index < -0.39 is 0 Å². The fraction of sp³-hybridized carbons (Fsp3) is 0.222. The topological polar surface area (TPSA) is 65.2 Å². The summed E-state index contributed by atoms with van der Waals surface area (Å²) in [6, 6.07) is 10.8. The Bertz CT molecular complexity index is 657. The third kappa shape index (κ3) is 7.03. The fourth-order valence-corrected chi connectivity index (χ4v) is 2.00. The molecular formula is C18H21FeIN2O2. The molecule has 0 bridgehead atoms. The number of benzene rings is 2. The Morgan fingerprint density at radius 3 is 1.54 bits per heavy atom. The Morgan fingerprint density at radius 1 is 0.792 bits per heavy atom. The van der Waals surface area contributed by atoms with Crippen LogP contribution in [-0.4, -0.2) is 35.7 Å². The molecule has 0 amide bonds. The molecule has 0 saturated heterocycles. The minimum absolute atomic E-state index is 0. The van der Waals surface area contributed by atoms with E-state index in [0.717, 1.165) is 11.1 Å². The van der Waals surface area contributed by atoms with Gasteiger partial charge in [-0.25, -0.2) is 0 Å². The van der Waals surface area contributed by atoms with Gasteiger partial charge in [-0.3, -0.25) is 9.98 Å². The molecule has 0 spiro atoms. The van der Waals surface area contributed by atoms with Crippen molar-refractivity contribution in [1.82, 2.24) is 0 Å². The molecule has 24 heavy (non-hydrogen) atoms. The van der Waals surface area contributed by atoms with Crippen molar-refractivity contribution in [1.29, 1.82) is 0 Å². The second-order valence-electron chi connectivity index (χ2n) is 5.20. The van der Waals surface area contributed by atoms with Gasteiger partial charge in [0.05, 0.1) is 13.1 Å². The molecule has 4 nitrogen and oxygen atoms in total. The molecule has 0 unspecified atom stereocenters. The maximum absolute atomic E-state index is 9.69. The molecule has 0 atom stereocenters. The Hall–Kier alpha value is -1.37. The Kier molecular flexibility index (Phi) is 10.6. The molecule has 0 heterocycles. The van der Waals surface area contributed by atoms with Gasteiger partial charge in [0, 0.05) is 40.6 Å². The minimum atomic E-state index is 0. The molecule has 2 aromatic carbocycles. The van der Waals surface area contributed by atoms with Gasteiger partial charge in [0.15, 0.2) is 0 Å². The molecule has 130 valence electrons. The summed E-state index contributed by atoms with van der Waals surface area (Å²) in [5, 5.41) is 19.4. The van der Waals surface area contributed by atoms with Gasteiger partial charge in [-0.1, -0.05) is 23.3 Å². The molecule has 0 aliphatic heterocycles. The summed E-state index contributed by atoms with van der Waals surface area (Å²) < 4.78 is 0. The number of phenols is 2. The maximum Gasteiger partial charge on any atom is 0.124 e. The number of halogens is 1. The molecule has 0 radical (unpaired) electrons. The van der Waals surface area contributed by atoms with E-state index in [-0.39, 0.29) is 52.5 Å². The van der Waals surface area contributed by atoms with E-state index in [2.05, 4.69) is 9.98 Å². The van der Waals surface area contributed by atoms with Crippen LogP contribution in [0, 0.1) is 13.8 Å². The number of aryl methyl sites for hydroxylation is 2. The first-order valence-corrected chi connectivity index (χ1v) is 7.15. The number of nitrogens with zero attached hydrogens (tertiary/aromatic N) is 2. The SMILES string of the molecule is Cc1ccc(O)c(C=NCCN=Cc2cc(C)ccc2O)c1.I.[Fe]. The average Bonchev–Trinajstić information content (AvgIpc) is 2.49. The van der Waals surface area contributed by atoms with Crippen LogP contribution in [0.1, 0.15) is 22.3 Å². The minimum Gasteiger partial charge on any atom is -0.507 e. The number of hydrogen-bond acceptors (Lipinski definition) is 4. The summed E-state index contributed by atoms with van der Waals surface area (Å²) in [6.45, 7) is 4.98. The van der Waals surface area contributed by atoms with Crippen molar-refractivity contribution in [3.05, 3.63) is 58.7 Å². The van der Waals surface area contributed by atoms with Crippen LogP contribution in [-0.2, 0) is 17.1 Å². The monoisotopic (exact) mass is 480 g/mol. The Balaban J connectivity index is 0.00000264. The van der Waals surface area contributed by atoms with E-state index in [9.17, 15) is 10.2 Å². The molecular weight excluding hydrogens is 459 g/mol. The second kappa shape index (κ2) is 11.2. The second-order valence-corrected chi connectivity index (χ2v) is 5.20. The smallest absolute Gasteiger partial charge is 0.124 e. The summed E-state index contributed by atoms with van der Waals surface area (Å²) >= 11 is 0. The largest absolute Gasteiger partial charge is 0.507 e. The molecule has 2 aromatic rings. The van der Waals surface area contributed by atoms with Crippen molar-refractivity contribution in [2.45, 2.75) is 13.8 Å². The van der Waals surface area contributed by atoms with Gasteiger partial charge in [0.1, 0.15) is 11.5 Å². The van der Waals surface area contributed by atoms with Crippen LogP contribution in [0.5, 0.6) is 11.5 Å². The zero-order valence-corrected chi connectivity index (χ0v) is 17.0. The van der Waals surface area contributed by atoms with E-state index in [1.165, 1.54) is 0 Å². The van der Waals surface area contributed by atoms with E-state index >= 15 is 0 Å². The molecule has 0 fully saturated rings. The molecule has 0 aliphatic rings. The van der Waals surface area contributed by atoms with Crippen LogP contribution in [0.25, 0.3) is 0 Å². The summed E-state index contributed by atoms with van der Waals surface area (Å²) in [6.07, 6.45) is 3.31. The molecule has 0 aromatic heterocycles. The molecule has 0 saturated carbocycles. The normalized spacial score (nSPS) is 10.6. The number of rotatable bonds is 5. The van der Waals surface area contributed by atoms with Gasteiger partial charge in [0.2, 0.25) is 0 Å². The summed E-state index contributed by atoms with van der Waals surface area (Å²) in [7, 11) is 0. The van der Waals surface area contributed by atoms with Crippen molar-refractivity contribution >= 4 is 36.4 Å². The predicted molar refractivity (Wildman–Crippen MR) is 106 cm³/mol. The van der Waals surface area contributed by atoms with Gasteiger partial charge in [-0.05, 0) is 38.1 Å². The summed E-state index contributed by atoms with van der Waals surface area (Å²) in [5.41, 5.74) is 3.57. The van der Waals surface area contributed by atoms with Crippen molar-refractivity contribution in [3.8, 4) is 11.5 Å². The first-order chi connectivity index (χ1) is 10.6. The fourth-order valence-electron chi connectivity index (χ4n) is 2.00. The molecule has 0 aliphatic carbocycles. The van der Waals surface area contributed by atoms with Crippen LogP contribution in [0.3, 0.4) is 0 Å². The maximum atomic E-state index is 9.69.